The van der Waals surface area contributed by atoms with Gasteiger partial charge in [-0.3, -0.25) is 9.36 Å². The molecule has 180 valence electrons. The van der Waals surface area contributed by atoms with Crippen LogP contribution in [0.15, 0.2) is 42.1 Å². The molecule has 3 aromatic rings. The van der Waals surface area contributed by atoms with Gasteiger partial charge in [0, 0.05) is 11.4 Å². The largest absolute Gasteiger partial charge is 0.485 e. The lowest BCUT2D eigenvalue weighted by molar-refractivity contribution is -0.113. The number of aromatic nitrogens is 3. The molecule has 1 amide bonds. The number of benzene rings is 1. The number of para-hydroxylation sites is 1. The lowest BCUT2D eigenvalue weighted by Crippen LogP contribution is -2.17. The molecule has 3 rings (SSSR count). The van der Waals surface area contributed by atoms with Gasteiger partial charge in [-0.1, -0.05) is 36.0 Å². The van der Waals surface area contributed by atoms with Crippen molar-refractivity contribution in [3.05, 3.63) is 64.3 Å². The number of allylic oxidation sites excluding steroid dienone is 1. The van der Waals surface area contributed by atoms with Gasteiger partial charge in [0.15, 0.2) is 11.0 Å². The third-order valence-electron chi connectivity index (χ3n) is 5.01. The van der Waals surface area contributed by atoms with Crippen LogP contribution < -0.4 is 10.1 Å². The molecule has 2 heterocycles. The minimum Gasteiger partial charge on any atom is -0.485 e. The highest BCUT2D eigenvalue weighted by Crippen LogP contribution is 2.33. The Morgan fingerprint density at radius 2 is 2.00 bits per heavy atom. The molecule has 34 heavy (non-hydrogen) atoms. The monoisotopic (exact) mass is 500 g/mol. The fraction of sp³-hybridized carbons (Fsp3) is 0.333. The number of nitrogens with zero attached hydrogens (tertiary/aromatic N) is 3. The molecule has 0 spiro atoms. The van der Waals surface area contributed by atoms with Crippen molar-refractivity contribution in [1.29, 1.82) is 0 Å². The number of carbonyl (C=O) groups excluding carboxylic acids is 2. The van der Waals surface area contributed by atoms with Gasteiger partial charge in [-0.25, -0.2) is 4.79 Å². The van der Waals surface area contributed by atoms with Crippen molar-refractivity contribution < 1.29 is 19.1 Å². The maximum Gasteiger partial charge on any atom is 0.341 e. The van der Waals surface area contributed by atoms with Crippen LogP contribution in [0.25, 0.3) is 0 Å². The number of aryl methyl sites for hydroxylation is 2. The van der Waals surface area contributed by atoms with Crippen molar-refractivity contribution in [2.75, 3.05) is 17.7 Å². The van der Waals surface area contributed by atoms with E-state index in [0.717, 1.165) is 21.8 Å². The molecule has 0 saturated heterocycles. The van der Waals surface area contributed by atoms with Crippen molar-refractivity contribution in [2.45, 2.75) is 46.0 Å². The van der Waals surface area contributed by atoms with Gasteiger partial charge >= 0.3 is 5.97 Å². The van der Waals surface area contributed by atoms with E-state index >= 15 is 0 Å². The molecule has 1 N–H and O–H groups in total. The highest BCUT2D eigenvalue weighted by Gasteiger charge is 2.22. The van der Waals surface area contributed by atoms with Gasteiger partial charge in [-0.05, 0) is 44.9 Å². The molecular weight excluding hydrogens is 472 g/mol. The Hall–Kier alpha value is -3.11. The number of thioether (sulfide) groups is 1. The summed E-state index contributed by atoms with van der Waals surface area (Å²) in [4.78, 5) is 26.0. The molecule has 0 radical (unpaired) electrons. The van der Waals surface area contributed by atoms with Crippen molar-refractivity contribution in [3.63, 3.8) is 0 Å². The average molecular weight is 501 g/mol. The lowest BCUT2D eigenvalue weighted by atomic mass is 10.1. The van der Waals surface area contributed by atoms with Crippen LogP contribution in [0.3, 0.4) is 0 Å². The van der Waals surface area contributed by atoms with Gasteiger partial charge in [0.2, 0.25) is 5.91 Å². The number of carbonyl (C=O) groups is 2. The van der Waals surface area contributed by atoms with E-state index in [-0.39, 0.29) is 24.9 Å². The average Bonchev–Trinajstić information content (AvgIpc) is 3.31. The molecule has 0 aliphatic heterocycles. The number of rotatable bonds is 11. The Morgan fingerprint density at radius 3 is 2.71 bits per heavy atom. The Labute approximate surface area is 207 Å². The standard InChI is InChI=1S/C24H28N4O4S2/c1-6-12-28-19(13-32-18-11-9-8-10-15(18)3)26-27-24(28)33-14-20(29)25-22-21(23(30)31-7-2)16(4)17(5)34-22/h6,8-11H,1,7,12-14H2,2-5H3,(H,25,29). The number of anilines is 1. The molecule has 1 aromatic carbocycles. The fourth-order valence-electron chi connectivity index (χ4n) is 3.16. The van der Waals surface area contributed by atoms with Crippen LogP contribution in [0.5, 0.6) is 5.75 Å². The van der Waals surface area contributed by atoms with Gasteiger partial charge in [0.05, 0.1) is 17.9 Å². The first kappa shape index (κ1) is 25.5. The van der Waals surface area contributed by atoms with Gasteiger partial charge in [-0.2, -0.15) is 0 Å². The predicted octanol–water partition coefficient (Wildman–Crippen LogP) is 4.94. The number of thiophene rings is 1. The summed E-state index contributed by atoms with van der Waals surface area (Å²) >= 11 is 2.62. The van der Waals surface area contributed by atoms with Crippen molar-refractivity contribution >= 4 is 40.0 Å². The minimum atomic E-state index is -0.434. The summed E-state index contributed by atoms with van der Waals surface area (Å²) in [5.74, 6) is 0.842. The van der Waals surface area contributed by atoms with Gasteiger partial charge in [0.25, 0.3) is 0 Å². The molecule has 2 aromatic heterocycles. The topological polar surface area (TPSA) is 95.3 Å². The molecule has 0 aliphatic rings. The maximum absolute atomic E-state index is 12.7. The summed E-state index contributed by atoms with van der Waals surface area (Å²) in [5, 5.41) is 12.4. The van der Waals surface area contributed by atoms with Crippen LogP contribution in [0.4, 0.5) is 5.00 Å². The number of amides is 1. The van der Waals surface area contributed by atoms with Gasteiger partial charge in [0.1, 0.15) is 17.4 Å². The summed E-state index contributed by atoms with van der Waals surface area (Å²) in [7, 11) is 0. The van der Waals surface area contributed by atoms with E-state index in [0.29, 0.717) is 28.1 Å². The second-order valence-electron chi connectivity index (χ2n) is 7.40. The third-order valence-corrected chi connectivity index (χ3v) is 7.10. The zero-order valence-corrected chi connectivity index (χ0v) is 21.3. The molecular formula is C24H28N4O4S2. The molecule has 0 aliphatic carbocycles. The normalized spacial score (nSPS) is 10.7. The Balaban J connectivity index is 1.67. The van der Waals surface area contributed by atoms with Crippen LogP contribution >= 0.6 is 23.1 Å². The van der Waals surface area contributed by atoms with E-state index in [1.54, 1.807) is 13.0 Å². The Morgan fingerprint density at radius 1 is 1.24 bits per heavy atom. The predicted molar refractivity (Wildman–Crippen MR) is 135 cm³/mol. The van der Waals surface area contributed by atoms with E-state index in [2.05, 4.69) is 22.1 Å². The number of esters is 1. The molecule has 0 atom stereocenters. The lowest BCUT2D eigenvalue weighted by Gasteiger charge is -2.10. The molecule has 0 fully saturated rings. The zero-order chi connectivity index (χ0) is 24.7. The maximum atomic E-state index is 12.7. The number of nitrogens with one attached hydrogen (secondary N) is 1. The van der Waals surface area contributed by atoms with Crippen LogP contribution in [-0.2, 0) is 22.7 Å². The summed E-state index contributed by atoms with van der Waals surface area (Å²) < 4.78 is 12.9. The second-order valence-corrected chi connectivity index (χ2v) is 9.56. The summed E-state index contributed by atoms with van der Waals surface area (Å²) in [6, 6.07) is 7.76. The van der Waals surface area contributed by atoms with E-state index in [1.807, 2.05) is 49.6 Å². The van der Waals surface area contributed by atoms with Crippen LogP contribution in [0, 0.1) is 20.8 Å². The minimum absolute atomic E-state index is 0.103. The summed E-state index contributed by atoms with van der Waals surface area (Å²) in [6.45, 7) is 12.3. The number of hydrogen-bond donors (Lipinski definition) is 1. The molecule has 10 heteroatoms. The molecule has 0 saturated carbocycles. The van der Waals surface area contributed by atoms with Crippen molar-refractivity contribution in [3.8, 4) is 5.75 Å². The van der Waals surface area contributed by atoms with Crippen molar-refractivity contribution in [2.24, 2.45) is 0 Å². The number of hydrogen-bond acceptors (Lipinski definition) is 8. The first-order valence-corrected chi connectivity index (χ1v) is 12.6. The van der Waals surface area contributed by atoms with E-state index in [9.17, 15) is 9.59 Å². The summed E-state index contributed by atoms with van der Waals surface area (Å²) in [5.41, 5.74) is 2.26. The van der Waals surface area contributed by atoms with Gasteiger partial charge < -0.3 is 14.8 Å². The molecule has 0 unspecified atom stereocenters. The molecule has 8 nitrogen and oxygen atoms in total. The Kier molecular flexibility index (Phi) is 8.89. The Bertz CT molecular complexity index is 1190. The highest BCUT2D eigenvalue weighted by molar-refractivity contribution is 7.99. The van der Waals surface area contributed by atoms with Crippen LogP contribution in [0.1, 0.15) is 39.1 Å². The fourth-order valence-corrected chi connectivity index (χ4v) is 4.99. The van der Waals surface area contributed by atoms with Crippen LogP contribution in [-0.4, -0.2) is 39.0 Å². The van der Waals surface area contributed by atoms with Crippen molar-refractivity contribution in [1.82, 2.24) is 14.8 Å². The molecule has 0 bridgehead atoms. The highest BCUT2D eigenvalue weighted by atomic mass is 32.2. The third kappa shape index (κ3) is 6.06. The SMILES string of the molecule is C=CCn1c(COc2ccccc2C)nnc1SCC(=O)Nc1sc(C)c(C)c1C(=O)OCC. The first-order chi connectivity index (χ1) is 16.3. The van der Waals surface area contributed by atoms with E-state index in [1.165, 1.54) is 23.1 Å². The zero-order valence-electron chi connectivity index (χ0n) is 19.7. The van der Waals surface area contributed by atoms with E-state index < -0.39 is 5.97 Å². The van der Waals surface area contributed by atoms with E-state index in [4.69, 9.17) is 9.47 Å². The smallest absolute Gasteiger partial charge is 0.341 e. The van der Waals surface area contributed by atoms with Gasteiger partial charge in [-0.15, -0.1) is 28.1 Å². The van der Waals surface area contributed by atoms with Crippen LogP contribution in [0.2, 0.25) is 0 Å². The number of ether oxygens (including phenoxy) is 2. The second kappa shape index (κ2) is 11.8. The first-order valence-electron chi connectivity index (χ1n) is 10.8. The summed E-state index contributed by atoms with van der Waals surface area (Å²) in [6.07, 6.45) is 1.74. The quantitative estimate of drug-likeness (QED) is 0.226.